The van der Waals surface area contributed by atoms with E-state index in [2.05, 4.69) is 65.9 Å². The molecule has 0 spiro atoms. The molecule has 1 fully saturated rings. The Balaban J connectivity index is 1.50. The topological polar surface area (TPSA) is 83.0 Å². The van der Waals surface area contributed by atoms with Crippen LogP contribution in [-0.2, 0) is 13.6 Å². The molecular weight excluding hydrogens is 462 g/mol. The molecule has 8 nitrogen and oxygen atoms in total. The van der Waals surface area contributed by atoms with Crippen molar-refractivity contribution in [3.63, 3.8) is 0 Å². The van der Waals surface area contributed by atoms with E-state index in [4.69, 9.17) is 5.10 Å². The lowest BCUT2D eigenvalue weighted by Crippen LogP contribution is -2.58. The molecule has 0 radical (unpaired) electrons. The molecule has 8 heteroatoms. The van der Waals surface area contributed by atoms with Crippen molar-refractivity contribution in [1.29, 1.82) is 5.26 Å². The molecule has 1 aliphatic heterocycles. The summed E-state index contributed by atoms with van der Waals surface area (Å²) in [6.45, 7) is 10.6. The number of hydrogen-bond acceptors (Lipinski definition) is 6. The molecule has 4 heterocycles. The summed E-state index contributed by atoms with van der Waals surface area (Å²) >= 11 is 0. The van der Waals surface area contributed by atoms with Crippen LogP contribution in [-0.4, -0.2) is 49.4 Å². The van der Waals surface area contributed by atoms with Crippen LogP contribution in [0.2, 0.25) is 0 Å². The van der Waals surface area contributed by atoms with E-state index in [-0.39, 0.29) is 24.2 Å². The van der Waals surface area contributed by atoms with Gasteiger partial charge in [0, 0.05) is 61.6 Å². The predicted molar refractivity (Wildman–Crippen MR) is 148 cm³/mol. The number of piperazine rings is 1. The lowest BCUT2D eigenvalue weighted by molar-refractivity contribution is 0.101. The number of anilines is 1. The summed E-state index contributed by atoms with van der Waals surface area (Å²) in [5.74, 6) is 0. The molecule has 0 aliphatic carbocycles. The van der Waals surface area contributed by atoms with E-state index in [9.17, 15) is 10.1 Å². The lowest BCUT2D eigenvalue weighted by atomic mass is 9.95. The Labute approximate surface area is 217 Å². The summed E-state index contributed by atoms with van der Waals surface area (Å²) in [6.07, 6.45) is 5.73. The fourth-order valence-corrected chi connectivity index (χ4v) is 5.79. The highest BCUT2D eigenvalue weighted by molar-refractivity contribution is 5.88. The average molecular weight is 498 g/mol. The lowest BCUT2D eigenvalue weighted by Gasteiger charge is -2.49. The number of rotatable bonds is 6. The third-order valence-corrected chi connectivity index (χ3v) is 8.02. The highest BCUT2D eigenvalue weighted by Gasteiger charge is 2.36. The van der Waals surface area contributed by atoms with Crippen molar-refractivity contribution in [2.24, 2.45) is 7.05 Å². The van der Waals surface area contributed by atoms with Gasteiger partial charge in [-0.25, -0.2) is 0 Å². The summed E-state index contributed by atoms with van der Waals surface area (Å²) in [5, 5.41) is 16.3. The number of pyridine rings is 2. The molecule has 1 aromatic carbocycles. The number of fused-ring (bicyclic) bond motifs is 2. The third kappa shape index (κ3) is 4.49. The van der Waals surface area contributed by atoms with E-state index in [1.165, 1.54) is 16.3 Å². The first-order chi connectivity index (χ1) is 17.8. The van der Waals surface area contributed by atoms with Crippen LogP contribution in [0.5, 0.6) is 0 Å². The Kier molecular flexibility index (Phi) is 6.74. The molecule has 1 saturated heterocycles. The second-order valence-corrected chi connectivity index (χ2v) is 10.2. The quantitative estimate of drug-likeness (QED) is 0.389. The molecular formula is C29H35N7O. The zero-order valence-corrected chi connectivity index (χ0v) is 22.3. The second-order valence-electron chi connectivity index (χ2n) is 10.2. The Hall–Kier alpha value is -3.70. The van der Waals surface area contributed by atoms with Crippen LogP contribution in [0.25, 0.3) is 21.8 Å². The highest BCUT2D eigenvalue weighted by Crippen LogP contribution is 2.35. The van der Waals surface area contributed by atoms with E-state index >= 15 is 0 Å². The summed E-state index contributed by atoms with van der Waals surface area (Å²) in [5.41, 5.74) is 4.69. The molecule has 192 valence electrons. The number of aromatic nitrogens is 4. The number of nitriles is 1. The molecule has 0 amide bonds. The van der Waals surface area contributed by atoms with Crippen LogP contribution < -0.4 is 10.5 Å². The minimum atomic E-state index is -0.0577. The van der Waals surface area contributed by atoms with E-state index in [0.29, 0.717) is 6.04 Å². The molecule has 0 N–H and O–H groups in total. The number of nitrogens with zero attached hydrogens (tertiary/aromatic N) is 7. The third-order valence-electron chi connectivity index (χ3n) is 8.02. The standard InChI is InChI=1S/C29H35N7O/c1-6-24-17-36(26-14-28(37)33(5)27-18-34(11-10-30)32-29(26)27)25(7-2)16-35(24)20(4)21-8-9-22-12-19(3)31-15-23(22)13-21/h8-9,12-15,18,20,24-25H,6-7,11,16-17H2,1-5H3/t20?,24-,25+/m1/s1. The number of benzene rings is 1. The fraction of sp³-hybridized carbons (Fsp3) is 0.448. The zero-order valence-electron chi connectivity index (χ0n) is 22.3. The second kappa shape index (κ2) is 9.98. The Bertz CT molecular complexity index is 1550. The molecule has 1 aliphatic rings. The van der Waals surface area contributed by atoms with E-state index in [1.807, 2.05) is 13.1 Å². The van der Waals surface area contributed by atoms with Crippen LogP contribution in [0, 0.1) is 18.3 Å². The minimum absolute atomic E-state index is 0.0577. The van der Waals surface area contributed by atoms with Gasteiger partial charge in [-0.15, -0.1) is 0 Å². The smallest absolute Gasteiger partial charge is 0.252 e. The van der Waals surface area contributed by atoms with Crippen molar-refractivity contribution < 1.29 is 0 Å². The maximum absolute atomic E-state index is 12.9. The van der Waals surface area contributed by atoms with Gasteiger partial charge in [0.2, 0.25) is 0 Å². The van der Waals surface area contributed by atoms with E-state index in [0.717, 1.165) is 48.3 Å². The maximum atomic E-state index is 12.9. The van der Waals surface area contributed by atoms with Gasteiger partial charge in [0.25, 0.3) is 5.56 Å². The monoisotopic (exact) mass is 497 g/mol. The van der Waals surface area contributed by atoms with Gasteiger partial charge >= 0.3 is 0 Å². The molecule has 37 heavy (non-hydrogen) atoms. The number of hydrogen-bond donors (Lipinski definition) is 0. The first-order valence-corrected chi connectivity index (χ1v) is 13.2. The van der Waals surface area contributed by atoms with Crippen LogP contribution in [0.1, 0.15) is 50.9 Å². The highest BCUT2D eigenvalue weighted by atomic mass is 16.1. The zero-order chi connectivity index (χ0) is 26.3. The Morgan fingerprint density at radius 1 is 1.11 bits per heavy atom. The first kappa shape index (κ1) is 25.0. The van der Waals surface area contributed by atoms with Crippen LogP contribution in [0.3, 0.4) is 0 Å². The van der Waals surface area contributed by atoms with Crippen molar-refractivity contribution in [2.45, 2.75) is 65.2 Å². The summed E-state index contributed by atoms with van der Waals surface area (Å²) in [4.78, 5) is 22.4. The van der Waals surface area contributed by atoms with Crippen molar-refractivity contribution >= 4 is 27.5 Å². The van der Waals surface area contributed by atoms with Crippen LogP contribution in [0.4, 0.5) is 5.69 Å². The van der Waals surface area contributed by atoms with Gasteiger partial charge in [-0.1, -0.05) is 26.0 Å². The molecule has 3 aromatic heterocycles. The molecule has 0 saturated carbocycles. The largest absolute Gasteiger partial charge is 0.364 e. The van der Waals surface area contributed by atoms with Gasteiger partial charge in [0.15, 0.2) is 0 Å². The first-order valence-electron chi connectivity index (χ1n) is 13.2. The SMILES string of the molecule is CC[C@H]1CN(C(C)c2ccc3cc(C)ncc3c2)[C@H](CC)CN1c1cc(=O)n(C)c2cn(CC#N)nc12. The summed E-state index contributed by atoms with van der Waals surface area (Å²) in [7, 11) is 1.76. The van der Waals surface area contributed by atoms with Gasteiger partial charge in [-0.2, -0.15) is 10.4 Å². The fourth-order valence-electron chi connectivity index (χ4n) is 5.79. The number of aryl methyl sites for hydroxylation is 2. The van der Waals surface area contributed by atoms with E-state index in [1.54, 1.807) is 28.6 Å². The van der Waals surface area contributed by atoms with Crippen LogP contribution >= 0.6 is 0 Å². The van der Waals surface area contributed by atoms with Gasteiger partial charge in [0.05, 0.1) is 23.5 Å². The molecule has 0 bridgehead atoms. The molecule has 5 rings (SSSR count). The molecule has 3 atom stereocenters. The van der Waals surface area contributed by atoms with Crippen molar-refractivity contribution in [3.8, 4) is 6.07 Å². The maximum Gasteiger partial charge on any atom is 0.252 e. The van der Waals surface area contributed by atoms with Crippen molar-refractivity contribution in [3.05, 3.63) is 64.3 Å². The molecule has 4 aromatic rings. The van der Waals surface area contributed by atoms with Gasteiger partial charge in [0.1, 0.15) is 12.1 Å². The van der Waals surface area contributed by atoms with Gasteiger partial charge in [-0.3, -0.25) is 19.4 Å². The summed E-state index contributed by atoms with van der Waals surface area (Å²) < 4.78 is 3.24. The Morgan fingerprint density at radius 2 is 1.89 bits per heavy atom. The van der Waals surface area contributed by atoms with E-state index < -0.39 is 0 Å². The average Bonchev–Trinajstić information content (AvgIpc) is 3.33. The van der Waals surface area contributed by atoms with Crippen molar-refractivity contribution in [2.75, 3.05) is 18.0 Å². The normalized spacial score (nSPS) is 19.4. The molecule has 1 unspecified atom stereocenters. The van der Waals surface area contributed by atoms with Crippen molar-refractivity contribution in [1.82, 2.24) is 24.2 Å². The van der Waals surface area contributed by atoms with Gasteiger partial charge in [-0.05, 0) is 49.8 Å². The predicted octanol–water partition coefficient (Wildman–Crippen LogP) is 4.56. The summed E-state index contributed by atoms with van der Waals surface area (Å²) in [6, 6.07) is 13.6. The van der Waals surface area contributed by atoms with Gasteiger partial charge < -0.3 is 9.47 Å². The minimum Gasteiger partial charge on any atom is -0.364 e. The Morgan fingerprint density at radius 3 is 2.62 bits per heavy atom. The van der Waals surface area contributed by atoms with Crippen LogP contribution in [0.15, 0.2) is 47.5 Å².